The predicted octanol–water partition coefficient (Wildman–Crippen LogP) is 4.15. The summed E-state index contributed by atoms with van der Waals surface area (Å²) in [6.45, 7) is 0.714. The van der Waals surface area contributed by atoms with Crippen LogP contribution in [0.25, 0.3) is 0 Å². The predicted molar refractivity (Wildman–Crippen MR) is 107 cm³/mol. The van der Waals surface area contributed by atoms with Gasteiger partial charge < -0.3 is 10.2 Å². The molecule has 1 N–H and O–H groups in total. The lowest BCUT2D eigenvalue weighted by molar-refractivity contribution is 0.474. The van der Waals surface area contributed by atoms with Crippen molar-refractivity contribution in [1.82, 2.24) is 10.2 Å². The molecule has 0 radical (unpaired) electrons. The molecule has 0 bridgehead atoms. The second-order valence-corrected chi connectivity index (χ2v) is 6.12. The molecule has 0 heterocycles. The molecule has 0 aromatic heterocycles. The molecule has 0 aliphatic heterocycles. The summed E-state index contributed by atoms with van der Waals surface area (Å²) in [7, 11) is 3.66. The third-order valence-electron chi connectivity index (χ3n) is 4.31. The van der Waals surface area contributed by atoms with Crippen molar-refractivity contribution in [2.24, 2.45) is 4.99 Å². The van der Waals surface area contributed by atoms with Crippen LogP contribution < -0.4 is 5.32 Å². The zero-order chi connectivity index (χ0) is 17.1. The fraction of sp³-hybridized carbons (Fsp3) is 0.316. The van der Waals surface area contributed by atoms with E-state index in [0.717, 1.165) is 5.96 Å². The molecule has 1 aliphatic rings. The van der Waals surface area contributed by atoms with Crippen molar-refractivity contribution >= 4 is 29.9 Å². The quantitative estimate of drug-likeness (QED) is 0.425. The summed E-state index contributed by atoms with van der Waals surface area (Å²) in [5.74, 6) is -0.370. The number of nitrogens with zero attached hydrogens (tertiary/aromatic N) is 2. The Bertz CT molecular complexity index is 716. The van der Waals surface area contributed by atoms with E-state index < -0.39 is 11.6 Å². The molecular weight excluding hydrogens is 435 g/mol. The van der Waals surface area contributed by atoms with Crippen LogP contribution in [-0.4, -0.2) is 31.0 Å². The first kappa shape index (κ1) is 19.6. The van der Waals surface area contributed by atoms with Crippen molar-refractivity contribution in [2.75, 3.05) is 14.1 Å². The zero-order valence-corrected chi connectivity index (χ0v) is 16.6. The Balaban J connectivity index is 0.00000225. The Morgan fingerprint density at radius 3 is 2.36 bits per heavy atom. The monoisotopic (exact) mass is 457 g/mol. The number of halogens is 3. The van der Waals surface area contributed by atoms with Crippen molar-refractivity contribution < 1.29 is 8.78 Å². The van der Waals surface area contributed by atoms with E-state index >= 15 is 0 Å². The first-order valence-corrected chi connectivity index (χ1v) is 8.02. The second kappa shape index (κ2) is 8.60. The average Bonchev–Trinajstić information content (AvgIpc) is 3.32. The zero-order valence-electron chi connectivity index (χ0n) is 14.2. The molecule has 1 saturated carbocycles. The van der Waals surface area contributed by atoms with Gasteiger partial charge in [0.05, 0.1) is 0 Å². The maximum Gasteiger partial charge on any atom is 0.193 e. The van der Waals surface area contributed by atoms with Gasteiger partial charge in [0.1, 0.15) is 11.6 Å². The first-order valence-electron chi connectivity index (χ1n) is 8.02. The average molecular weight is 457 g/mol. The van der Waals surface area contributed by atoms with E-state index in [-0.39, 0.29) is 41.5 Å². The van der Waals surface area contributed by atoms with Crippen molar-refractivity contribution in [3.8, 4) is 0 Å². The lowest BCUT2D eigenvalue weighted by Gasteiger charge is -2.22. The summed E-state index contributed by atoms with van der Waals surface area (Å²) in [6.07, 6.45) is 0.704. The van der Waals surface area contributed by atoms with Crippen LogP contribution in [0, 0.1) is 11.6 Å². The lowest BCUT2D eigenvalue weighted by atomic mass is 10.1. The highest BCUT2D eigenvalue weighted by molar-refractivity contribution is 14.0. The minimum Gasteiger partial charge on any atom is -0.353 e. The van der Waals surface area contributed by atoms with E-state index in [1.807, 2.05) is 30.1 Å². The van der Waals surface area contributed by atoms with Crippen LogP contribution in [0.15, 0.2) is 53.5 Å². The van der Waals surface area contributed by atoms with E-state index in [1.54, 1.807) is 7.05 Å². The largest absolute Gasteiger partial charge is 0.353 e. The second-order valence-electron chi connectivity index (χ2n) is 6.12. The maximum atomic E-state index is 13.9. The lowest BCUT2D eigenvalue weighted by Crippen LogP contribution is -2.40. The molecule has 2 atom stereocenters. The van der Waals surface area contributed by atoms with Crippen LogP contribution in [0.3, 0.4) is 0 Å². The van der Waals surface area contributed by atoms with Gasteiger partial charge in [-0.05, 0) is 24.1 Å². The Morgan fingerprint density at radius 2 is 1.76 bits per heavy atom. The Hall–Kier alpha value is -1.70. The normalized spacial score (nSPS) is 19.1. The van der Waals surface area contributed by atoms with E-state index in [2.05, 4.69) is 22.4 Å². The molecule has 0 spiro atoms. The molecular formula is C19H22F2IN3. The summed E-state index contributed by atoms with van der Waals surface area (Å²) in [5, 5.41) is 3.31. The van der Waals surface area contributed by atoms with E-state index in [4.69, 9.17) is 0 Å². The van der Waals surface area contributed by atoms with Gasteiger partial charge in [0.25, 0.3) is 0 Å². The number of hydrogen-bond acceptors (Lipinski definition) is 1. The van der Waals surface area contributed by atoms with Crippen LogP contribution >= 0.6 is 24.0 Å². The van der Waals surface area contributed by atoms with Gasteiger partial charge in [0, 0.05) is 38.2 Å². The summed E-state index contributed by atoms with van der Waals surface area (Å²) in [4.78, 5) is 6.28. The minimum atomic E-state index is -0.475. The van der Waals surface area contributed by atoms with Crippen molar-refractivity contribution in [2.45, 2.75) is 24.9 Å². The first-order chi connectivity index (χ1) is 11.6. The third kappa shape index (κ3) is 4.68. The van der Waals surface area contributed by atoms with Crippen LogP contribution in [0.5, 0.6) is 0 Å². The summed E-state index contributed by atoms with van der Waals surface area (Å²) in [6, 6.07) is 14.1. The highest BCUT2D eigenvalue weighted by atomic mass is 127. The van der Waals surface area contributed by atoms with Crippen molar-refractivity contribution in [1.29, 1.82) is 0 Å². The van der Waals surface area contributed by atoms with Crippen LogP contribution in [0.2, 0.25) is 0 Å². The highest BCUT2D eigenvalue weighted by Crippen LogP contribution is 2.43. The van der Waals surface area contributed by atoms with Gasteiger partial charge in [-0.2, -0.15) is 0 Å². The van der Waals surface area contributed by atoms with Crippen molar-refractivity contribution in [3.05, 3.63) is 71.3 Å². The molecule has 0 amide bonds. The Kier molecular flexibility index (Phi) is 6.75. The summed E-state index contributed by atoms with van der Waals surface area (Å²) < 4.78 is 27.7. The SMILES string of the molecule is CN=C(NC1CC1c1c(F)cccc1F)N(C)Cc1ccccc1.I. The number of benzene rings is 2. The van der Waals surface area contributed by atoms with Gasteiger partial charge >= 0.3 is 0 Å². The number of rotatable bonds is 4. The maximum absolute atomic E-state index is 13.9. The molecule has 6 heteroatoms. The van der Waals surface area contributed by atoms with Gasteiger partial charge in [-0.3, -0.25) is 4.99 Å². The molecule has 0 saturated heterocycles. The standard InChI is InChI=1S/C19H21F2N3.HI/c1-22-19(24(2)12-13-7-4-3-5-8-13)23-17-11-14(17)18-15(20)9-6-10-16(18)21;/h3-10,14,17H,11-12H2,1-2H3,(H,22,23);1H. The molecule has 2 aromatic carbocycles. The smallest absolute Gasteiger partial charge is 0.193 e. The molecule has 25 heavy (non-hydrogen) atoms. The van der Waals surface area contributed by atoms with Crippen LogP contribution in [0.4, 0.5) is 8.78 Å². The topological polar surface area (TPSA) is 27.6 Å². The molecule has 1 aliphatic carbocycles. The Labute approximate surface area is 164 Å². The Morgan fingerprint density at radius 1 is 1.12 bits per heavy atom. The highest BCUT2D eigenvalue weighted by Gasteiger charge is 2.42. The third-order valence-corrected chi connectivity index (χ3v) is 4.31. The van der Waals surface area contributed by atoms with Crippen LogP contribution in [-0.2, 0) is 6.54 Å². The van der Waals surface area contributed by atoms with E-state index in [1.165, 1.54) is 23.8 Å². The van der Waals surface area contributed by atoms with Gasteiger partial charge in [-0.25, -0.2) is 8.78 Å². The minimum absolute atomic E-state index is 0. The van der Waals surface area contributed by atoms with Gasteiger partial charge in [0.2, 0.25) is 0 Å². The molecule has 134 valence electrons. The summed E-state index contributed by atoms with van der Waals surface area (Å²) >= 11 is 0. The number of guanidine groups is 1. The number of hydrogen-bond donors (Lipinski definition) is 1. The van der Waals surface area contributed by atoms with E-state index in [0.29, 0.717) is 13.0 Å². The molecule has 2 unspecified atom stereocenters. The molecule has 3 nitrogen and oxygen atoms in total. The summed E-state index contributed by atoms with van der Waals surface area (Å²) in [5.41, 5.74) is 1.35. The van der Waals surface area contributed by atoms with Gasteiger partial charge in [-0.1, -0.05) is 36.4 Å². The molecule has 2 aromatic rings. The van der Waals surface area contributed by atoms with Crippen LogP contribution in [0.1, 0.15) is 23.5 Å². The van der Waals surface area contributed by atoms with E-state index in [9.17, 15) is 8.78 Å². The van der Waals surface area contributed by atoms with Gasteiger partial charge in [0.15, 0.2) is 5.96 Å². The number of aliphatic imine (C=N–C) groups is 1. The van der Waals surface area contributed by atoms with Gasteiger partial charge in [-0.15, -0.1) is 24.0 Å². The number of nitrogens with one attached hydrogen (secondary N) is 1. The molecule has 3 rings (SSSR count). The van der Waals surface area contributed by atoms with Crippen molar-refractivity contribution in [3.63, 3.8) is 0 Å². The molecule has 1 fully saturated rings. The fourth-order valence-corrected chi connectivity index (χ4v) is 2.98. The fourth-order valence-electron chi connectivity index (χ4n) is 2.98.